The summed E-state index contributed by atoms with van der Waals surface area (Å²) in [7, 11) is 1.94. The Morgan fingerprint density at radius 2 is 1.73 bits per heavy atom. The quantitative estimate of drug-likeness (QED) is 0.760. The molecule has 0 fully saturated rings. The number of aromatic nitrogens is 2. The molecular weight excluding hydrogens is 322 g/mol. The summed E-state index contributed by atoms with van der Waals surface area (Å²) in [6, 6.07) is 17.8. The highest BCUT2D eigenvalue weighted by molar-refractivity contribution is 5.87. The van der Waals surface area contributed by atoms with Crippen LogP contribution in [0.1, 0.15) is 42.4 Å². The minimum atomic E-state index is -0.643. The summed E-state index contributed by atoms with van der Waals surface area (Å²) < 4.78 is 1.94. The second-order valence-corrected chi connectivity index (χ2v) is 7.20. The summed E-state index contributed by atoms with van der Waals surface area (Å²) >= 11 is 0. The fraction of sp³-hybridized carbons (Fsp3) is 0.273. The van der Waals surface area contributed by atoms with Crippen LogP contribution in [0.25, 0.3) is 0 Å². The second-order valence-electron chi connectivity index (χ2n) is 7.20. The van der Waals surface area contributed by atoms with Gasteiger partial charge in [-0.05, 0) is 31.9 Å². The monoisotopic (exact) mass is 347 g/mol. The number of benzene rings is 2. The molecule has 0 spiro atoms. The van der Waals surface area contributed by atoms with Gasteiger partial charge in [-0.2, -0.15) is 0 Å². The molecule has 1 heterocycles. The Morgan fingerprint density at radius 3 is 2.31 bits per heavy atom. The number of rotatable bonds is 5. The lowest BCUT2D eigenvalue weighted by molar-refractivity contribution is -0.126. The van der Waals surface area contributed by atoms with E-state index in [1.54, 1.807) is 6.20 Å². The molecule has 134 valence electrons. The fourth-order valence-corrected chi connectivity index (χ4v) is 3.01. The maximum Gasteiger partial charge on any atom is 0.230 e. The molecule has 0 aliphatic carbocycles. The van der Waals surface area contributed by atoms with Gasteiger partial charge in [0.05, 0.1) is 5.41 Å². The van der Waals surface area contributed by atoms with Crippen molar-refractivity contribution in [2.24, 2.45) is 7.05 Å². The molecule has 0 bridgehead atoms. The van der Waals surface area contributed by atoms with E-state index in [1.807, 2.05) is 74.1 Å². The number of nitrogens with zero attached hydrogens (tertiary/aromatic N) is 2. The van der Waals surface area contributed by atoms with Crippen molar-refractivity contribution in [3.8, 4) is 0 Å². The highest BCUT2D eigenvalue weighted by Gasteiger charge is 2.32. The van der Waals surface area contributed by atoms with E-state index in [4.69, 9.17) is 0 Å². The average molecular weight is 347 g/mol. The van der Waals surface area contributed by atoms with Gasteiger partial charge in [-0.25, -0.2) is 4.98 Å². The van der Waals surface area contributed by atoms with Crippen molar-refractivity contribution >= 4 is 5.91 Å². The first kappa shape index (κ1) is 17.9. The van der Waals surface area contributed by atoms with E-state index >= 15 is 0 Å². The second kappa shape index (κ2) is 7.16. The van der Waals surface area contributed by atoms with Crippen LogP contribution in [-0.4, -0.2) is 15.5 Å². The molecule has 3 aromatic rings. The number of aryl methyl sites for hydroxylation is 2. The van der Waals surface area contributed by atoms with Crippen LogP contribution in [0.2, 0.25) is 0 Å². The molecule has 3 rings (SSSR count). The molecule has 1 aromatic heterocycles. The molecule has 0 saturated heterocycles. The summed E-state index contributed by atoms with van der Waals surface area (Å²) in [5.74, 6) is 0.781. The molecule has 0 aliphatic heterocycles. The summed E-state index contributed by atoms with van der Waals surface area (Å²) in [5, 5.41) is 3.21. The highest BCUT2D eigenvalue weighted by atomic mass is 16.2. The van der Waals surface area contributed by atoms with Gasteiger partial charge in [0.2, 0.25) is 5.91 Å². The first-order chi connectivity index (χ1) is 12.4. The zero-order valence-electron chi connectivity index (χ0n) is 15.7. The zero-order valence-corrected chi connectivity index (χ0v) is 15.7. The van der Waals surface area contributed by atoms with Crippen LogP contribution >= 0.6 is 0 Å². The molecule has 1 atom stereocenters. The van der Waals surface area contributed by atoms with Gasteiger partial charge in [-0.3, -0.25) is 4.79 Å². The van der Waals surface area contributed by atoms with Crippen molar-refractivity contribution in [3.63, 3.8) is 0 Å². The van der Waals surface area contributed by atoms with E-state index in [2.05, 4.69) is 29.4 Å². The van der Waals surface area contributed by atoms with E-state index in [1.165, 1.54) is 5.56 Å². The minimum Gasteiger partial charge on any atom is -0.341 e. The maximum absolute atomic E-state index is 13.2. The number of hydrogen-bond donors (Lipinski definition) is 1. The number of amides is 1. The summed E-state index contributed by atoms with van der Waals surface area (Å²) in [6.45, 7) is 5.95. The Bertz CT molecular complexity index is 879. The first-order valence-corrected chi connectivity index (χ1v) is 8.80. The fourth-order valence-electron chi connectivity index (χ4n) is 3.01. The Labute approximate surface area is 154 Å². The normalized spacial score (nSPS) is 12.6. The third-order valence-corrected chi connectivity index (χ3v) is 4.87. The summed E-state index contributed by atoms with van der Waals surface area (Å²) in [6.07, 6.45) is 3.65. The number of nitrogens with one attached hydrogen (secondary N) is 1. The lowest BCUT2D eigenvalue weighted by Crippen LogP contribution is -2.42. The maximum atomic E-state index is 13.2. The molecule has 2 aromatic carbocycles. The van der Waals surface area contributed by atoms with Crippen molar-refractivity contribution in [2.45, 2.75) is 32.2 Å². The third kappa shape index (κ3) is 3.54. The van der Waals surface area contributed by atoms with Gasteiger partial charge in [0, 0.05) is 19.4 Å². The van der Waals surface area contributed by atoms with Gasteiger partial charge in [0.15, 0.2) is 0 Å². The van der Waals surface area contributed by atoms with E-state index in [0.717, 1.165) is 17.0 Å². The van der Waals surface area contributed by atoms with Gasteiger partial charge < -0.3 is 9.88 Å². The molecule has 0 aliphatic rings. The average Bonchev–Trinajstić information content (AvgIpc) is 3.07. The van der Waals surface area contributed by atoms with Gasteiger partial charge in [0.25, 0.3) is 0 Å². The van der Waals surface area contributed by atoms with Crippen LogP contribution in [0.4, 0.5) is 0 Å². The van der Waals surface area contributed by atoms with Gasteiger partial charge in [-0.1, -0.05) is 60.2 Å². The number of carbonyl (C=O) groups is 1. The predicted octanol–water partition coefficient (Wildman–Crippen LogP) is 3.91. The Hall–Kier alpha value is -2.88. The Kier molecular flexibility index (Phi) is 4.94. The lowest BCUT2D eigenvalue weighted by atomic mass is 9.83. The molecule has 1 amide bonds. The topological polar surface area (TPSA) is 46.9 Å². The van der Waals surface area contributed by atoms with E-state index in [-0.39, 0.29) is 11.9 Å². The first-order valence-electron chi connectivity index (χ1n) is 8.80. The minimum absolute atomic E-state index is 0.0303. The van der Waals surface area contributed by atoms with Crippen LogP contribution in [0.3, 0.4) is 0 Å². The number of hydrogen-bond acceptors (Lipinski definition) is 2. The highest BCUT2D eigenvalue weighted by Crippen LogP contribution is 2.27. The van der Waals surface area contributed by atoms with Crippen LogP contribution in [0.15, 0.2) is 67.0 Å². The number of imidazole rings is 1. The largest absolute Gasteiger partial charge is 0.341 e. The molecule has 4 nitrogen and oxygen atoms in total. The van der Waals surface area contributed by atoms with Crippen molar-refractivity contribution in [3.05, 3.63) is 89.5 Å². The van der Waals surface area contributed by atoms with E-state index in [9.17, 15) is 4.79 Å². The molecule has 1 unspecified atom stereocenters. The number of carbonyl (C=O) groups excluding carboxylic acids is 1. The molecule has 1 N–H and O–H groups in total. The molecule has 0 radical (unpaired) electrons. The summed E-state index contributed by atoms with van der Waals surface area (Å²) in [4.78, 5) is 17.6. The Balaban J connectivity index is 1.94. The van der Waals surface area contributed by atoms with Crippen LogP contribution in [0.5, 0.6) is 0 Å². The summed E-state index contributed by atoms with van der Waals surface area (Å²) in [5.41, 5.74) is 2.54. The smallest absolute Gasteiger partial charge is 0.230 e. The van der Waals surface area contributed by atoms with Crippen LogP contribution in [-0.2, 0) is 17.3 Å². The predicted molar refractivity (Wildman–Crippen MR) is 104 cm³/mol. The van der Waals surface area contributed by atoms with Crippen LogP contribution < -0.4 is 5.32 Å². The van der Waals surface area contributed by atoms with Gasteiger partial charge in [-0.15, -0.1) is 0 Å². The van der Waals surface area contributed by atoms with E-state index in [0.29, 0.717) is 0 Å². The van der Waals surface area contributed by atoms with Gasteiger partial charge >= 0.3 is 0 Å². The van der Waals surface area contributed by atoms with E-state index < -0.39 is 5.41 Å². The molecule has 4 heteroatoms. The third-order valence-electron chi connectivity index (χ3n) is 4.87. The molecular formula is C22H25N3O. The van der Waals surface area contributed by atoms with Crippen LogP contribution in [0, 0.1) is 6.92 Å². The lowest BCUT2D eigenvalue weighted by Gasteiger charge is -2.28. The SMILES string of the molecule is Cc1ccc(C(NC(=O)C(C)(C)c2ccccc2)c2nccn2C)cc1. The molecule has 26 heavy (non-hydrogen) atoms. The van der Waals surface area contributed by atoms with Crippen molar-refractivity contribution in [1.29, 1.82) is 0 Å². The standard InChI is InChI=1S/C22H25N3O/c1-16-10-12-17(13-11-16)19(20-23-14-15-25(20)4)24-21(26)22(2,3)18-8-6-5-7-9-18/h5-15,19H,1-4H3,(H,24,26). The Morgan fingerprint density at radius 1 is 1.08 bits per heavy atom. The molecule has 0 saturated carbocycles. The van der Waals surface area contributed by atoms with Crippen molar-refractivity contribution in [1.82, 2.24) is 14.9 Å². The van der Waals surface area contributed by atoms with Crippen molar-refractivity contribution in [2.75, 3.05) is 0 Å². The van der Waals surface area contributed by atoms with Gasteiger partial charge in [0.1, 0.15) is 11.9 Å². The zero-order chi connectivity index (χ0) is 18.7. The van der Waals surface area contributed by atoms with Crippen molar-refractivity contribution < 1.29 is 4.79 Å².